The van der Waals surface area contributed by atoms with Gasteiger partial charge in [-0.2, -0.15) is 0 Å². The molecule has 2 aromatic carbocycles. The van der Waals surface area contributed by atoms with Gasteiger partial charge in [-0.05, 0) is 43.2 Å². The second kappa shape index (κ2) is 7.11. The maximum absolute atomic E-state index is 11.7. The first kappa shape index (κ1) is 17.2. The van der Waals surface area contributed by atoms with Gasteiger partial charge in [0.15, 0.2) is 0 Å². The van der Waals surface area contributed by atoms with Crippen LogP contribution in [0.1, 0.15) is 29.3 Å². The molecule has 4 nitrogen and oxygen atoms in total. The van der Waals surface area contributed by atoms with Crippen molar-refractivity contribution in [2.24, 2.45) is 0 Å². The lowest BCUT2D eigenvalue weighted by Crippen LogP contribution is -2.01. The molecule has 0 bridgehead atoms. The fourth-order valence-electron chi connectivity index (χ4n) is 2.69. The average molecular weight is 356 g/mol. The van der Waals surface area contributed by atoms with Crippen molar-refractivity contribution in [3.63, 3.8) is 0 Å². The Morgan fingerprint density at radius 2 is 2.04 bits per heavy atom. The third-order valence-corrected chi connectivity index (χ3v) is 4.41. The number of benzene rings is 2. The van der Waals surface area contributed by atoms with Crippen LogP contribution in [0.25, 0.3) is 22.2 Å². The fourth-order valence-corrected chi connectivity index (χ4v) is 2.85. The van der Waals surface area contributed by atoms with Crippen LogP contribution in [-0.4, -0.2) is 22.7 Å². The SMILES string of the molecule is CCCOc1cccc(-c2cc(C(=O)O)c3ccc(Cl)c(C)c3n2)c1. The molecular formula is C20H18ClNO3. The molecule has 25 heavy (non-hydrogen) atoms. The van der Waals surface area contributed by atoms with Gasteiger partial charge in [0.25, 0.3) is 0 Å². The molecule has 0 aliphatic rings. The minimum absolute atomic E-state index is 0.208. The highest BCUT2D eigenvalue weighted by molar-refractivity contribution is 6.32. The molecule has 0 aliphatic heterocycles. The summed E-state index contributed by atoms with van der Waals surface area (Å²) in [6.45, 7) is 4.51. The minimum Gasteiger partial charge on any atom is -0.494 e. The zero-order valence-corrected chi connectivity index (χ0v) is 14.8. The van der Waals surface area contributed by atoms with Crippen LogP contribution in [0, 0.1) is 6.92 Å². The Morgan fingerprint density at radius 1 is 1.24 bits per heavy atom. The van der Waals surface area contributed by atoms with E-state index in [-0.39, 0.29) is 5.56 Å². The highest BCUT2D eigenvalue weighted by Crippen LogP contribution is 2.31. The Balaban J connectivity index is 2.20. The van der Waals surface area contributed by atoms with Crippen LogP contribution in [0.2, 0.25) is 5.02 Å². The molecular weight excluding hydrogens is 338 g/mol. The van der Waals surface area contributed by atoms with Crippen molar-refractivity contribution in [1.29, 1.82) is 0 Å². The molecule has 0 unspecified atom stereocenters. The number of rotatable bonds is 5. The summed E-state index contributed by atoms with van der Waals surface area (Å²) in [6.07, 6.45) is 0.916. The molecule has 5 heteroatoms. The van der Waals surface area contributed by atoms with Crippen molar-refractivity contribution in [1.82, 2.24) is 4.98 Å². The predicted molar refractivity (Wildman–Crippen MR) is 99.7 cm³/mol. The first-order chi connectivity index (χ1) is 12.0. The van der Waals surface area contributed by atoms with E-state index >= 15 is 0 Å². The maximum Gasteiger partial charge on any atom is 0.336 e. The number of aromatic carboxylic acids is 1. The van der Waals surface area contributed by atoms with Crippen molar-refractivity contribution in [3.05, 3.63) is 58.6 Å². The summed E-state index contributed by atoms with van der Waals surface area (Å²) in [6, 6.07) is 12.5. The molecule has 128 valence electrons. The summed E-state index contributed by atoms with van der Waals surface area (Å²) < 4.78 is 5.66. The van der Waals surface area contributed by atoms with Crippen LogP contribution in [-0.2, 0) is 0 Å². The topological polar surface area (TPSA) is 59.4 Å². The van der Waals surface area contributed by atoms with Gasteiger partial charge in [-0.15, -0.1) is 0 Å². The van der Waals surface area contributed by atoms with Crippen molar-refractivity contribution >= 4 is 28.5 Å². The number of carbonyl (C=O) groups is 1. The highest BCUT2D eigenvalue weighted by atomic mass is 35.5. The molecule has 1 heterocycles. The summed E-state index contributed by atoms with van der Waals surface area (Å²) in [7, 11) is 0. The zero-order valence-electron chi connectivity index (χ0n) is 14.0. The van der Waals surface area contributed by atoms with Crippen LogP contribution < -0.4 is 4.74 Å². The quantitative estimate of drug-likeness (QED) is 0.670. The average Bonchev–Trinajstić information content (AvgIpc) is 2.62. The van der Waals surface area contributed by atoms with E-state index in [1.807, 2.05) is 38.1 Å². The largest absolute Gasteiger partial charge is 0.494 e. The first-order valence-electron chi connectivity index (χ1n) is 8.07. The summed E-state index contributed by atoms with van der Waals surface area (Å²) >= 11 is 6.19. The molecule has 0 amide bonds. The van der Waals surface area contributed by atoms with Gasteiger partial charge in [-0.3, -0.25) is 0 Å². The Morgan fingerprint density at radius 3 is 2.76 bits per heavy atom. The van der Waals surface area contributed by atoms with E-state index in [1.165, 1.54) is 0 Å². The summed E-state index contributed by atoms with van der Waals surface area (Å²) in [5.41, 5.74) is 2.96. The fraction of sp³-hybridized carbons (Fsp3) is 0.200. The highest BCUT2D eigenvalue weighted by Gasteiger charge is 2.15. The number of halogens is 1. The zero-order chi connectivity index (χ0) is 18.0. The van der Waals surface area contributed by atoms with E-state index < -0.39 is 5.97 Å². The lowest BCUT2D eigenvalue weighted by atomic mass is 10.0. The van der Waals surface area contributed by atoms with Gasteiger partial charge in [0.1, 0.15) is 5.75 Å². The normalized spacial score (nSPS) is 10.8. The molecule has 0 saturated heterocycles. The van der Waals surface area contributed by atoms with E-state index in [0.29, 0.717) is 28.2 Å². The maximum atomic E-state index is 11.7. The van der Waals surface area contributed by atoms with Crippen LogP contribution in [0.3, 0.4) is 0 Å². The number of nitrogens with zero attached hydrogens (tertiary/aromatic N) is 1. The Bertz CT molecular complexity index is 953. The van der Waals surface area contributed by atoms with Gasteiger partial charge in [-0.1, -0.05) is 36.7 Å². The minimum atomic E-state index is -0.992. The summed E-state index contributed by atoms with van der Waals surface area (Å²) in [5, 5.41) is 10.7. The molecule has 1 N–H and O–H groups in total. The van der Waals surface area contributed by atoms with Gasteiger partial charge in [-0.25, -0.2) is 9.78 Å². The summed E-state index contributed by atoms with van der Waals surface area (Å²) in [5.74, 6) is -0.255. The predicted octanol–water partition coefficient (Wildman–Crippen LogP) is 5.35. The molecule has 0 spiro atoms. The standard InChI is InChI=1S/C20H18ClNO3/c1-3-9-25-14-6-4-5-13(10-14)18-11-16(20(23)24)15-7-8-17(21)12(2)19(15)22-18/h4-8,10-11H,3,9H2,1-2H3,(H,23,24). The number of pyridine rings is 1. The van der Waals surface area contributed by atoms with Gasteiger partial charge in [0.2, 0.25) is 0 Å². The van der Waals surface area contributed by atoms with Crippen LogP contribution in [0.15, 0.2) is 42.5 Å². The van der Waals surface area contributed by atoms with Gasteiger partial charge in [0.05, 0.1) is 23.4 Å². The molecule has 0 saturated carbocycles. The number of fused-ring (bicyclic) bond motifs is 1. The van der Waals surface area contributed by atoms with Gasteiger partial charge in [0, 0.05) is 16.0 Å². The van der Waals surface area contributed by atoms with E-state index in [0.717, 1.165) is 23.3 Å². The monoisotopic (exact) mass is 355 g/mol. The molecule has 0 atom stereocenters. The van der Waals surface area contributed by atoms with E-state index in [4.69, 9.17) is 16.3 Å². The lowest BCUT2D eigenvalue weighted by molar-refractivity contribution is 0.0699. The number of ether oxygens (including phenoxy) is 1. The van der Waals surface area contributed by atoms with Crippen molar-refractivity contribution < 1.29 is 14.6 Å². The molecule has 0 fully saturated rings. The first-order valence-corrected chi connectivity index (χ1v) is 8.45. The Labute approximate surface area is 151 Å². The third-order valence-electron chi connectivity index (χ3n) is 4.00. The second-order valence-electron chi connectivity index (χ2n) is 5.81. The number of aryl methyl sites for hydroxylation is 1. The van der Waals surface area contributed by atoms with E-state index in [1.54, 1.807) is 18.2 Å². The smallest absolute Gasteiger partial charge is 0.336 e. The Hall–Kier alpha value is -2.59. The van der Waals surface area contributed by atoms with Crippen LogP contribution in [0.5, 0.6) is 5.75 Å². The molecule has 3 aromatic rings. The number of carboxylic acid groups (broad SMARTS) is 1. The molecule has 3 rings (SSSR count). The van der Waals surface area contributed by atoms with Gasteiger partial charge < -0.3 is 9.84 Å². The molecule has 0 radical (unpaired) electrons. The number of hydrogen-bond acceptors (Lipinski definition) is 3. The number of carboxylic acids is 1. The van der Waals surface area contributed by atoms with Crippen molar-refractivity contribution in [2.75, 3.05) is 6.61 Å². The Kier molecular flexibility index (Phi) is 4.91. The van der Waals surface area contributed by atoms with Crippen LogP contribution in [0.4, 0.5) is 0 Å². The summed E-state index contributed by atoms with van der Waals surface area (Å²) in [4.78, 5) is 16.4. The van der Waals surface area contributed by atoms with E-state index in [2.05, 4.69) is 4.98 Å². The molecule has 0 aliphatic carbocycles. The molecule has 1 aromatic heterocycles. The lowest BCUT2D eigenvalue weighted by Gasteiger charge is -2.11. The van der Waals surface area contributed by atoms with Crippen molar-refractivity contribution in [3.8, 4) is 17.0 Å². The second-order valence-corrected chi connectivity index (χ2v) is 6.21. The van der Waals surface area contributed by atoms with Crippen LogP contribution >= 0.6 is 11.6 Å². The number of aromatic nitrogens is 1. The number of hydrogen-bond donors (Lipinski definition) is 1. The third kappa shape index (κ3) is 3.44. The van der Waals surface area contributed by atoms with Crippen molar-refractivity contribution in [2.45, 2.75) is 20.3 Å². The van der Waals surface area contributed by atoms with Gasteiger partial charge >= 0.3 is 5.97 Å². The van der Waals surface area contributed by atoms with E-state index in [9.17, 15) is 9.90 Å².